The Morgan fingerprint density at radius 2 is 1.86 bits per heavy atom. The highest BCUT2D eigenvalue weighted by Crippen LogP contribution is 2.21. The topological polar surface area (TPSA) is 32.3 Å². The summed E-state index contributed by atoms with van der Waals surface area (Å²) in [5.74, 6) is 0. The van der Waals surface area contributed by atoms with Crippen molar-refractivity contribution >= 4 is 0 Å². The maximum atomic E-state index is 10.4. The van der Waals surface area contributed by atoms with Gasteiger partial charge in [0, 0.05) is 6.04 Å². The van der Waals surface area contributed by atoms with Gasteiger partial charge in [0.1, 0.15) is 5.72 Å². The van der Waals surface area contributed by atoms with Gasteiger partial charge in [-0.25, -0.2) is 0 Å². The number of hydrogen-bond donors (Lipinski definition) is 2. The fourth-order valence-electron chi connectivity index (χ4n) is 1.58. The molecule has 1 aromatic rings. The van der Waals surface area contributed by atoms with E-state index in [1.165, 1.54) is 0 Å². The molecule has 1 aromatic carbocycles. The molecule has 0 fully saturated rings. The third kappa shape index (κ3) is 2.56. The highest BCUT2D eigenvalue weighted by atomic mass is 16.3. The van der Waals surface area contributed by atoms with Crippen LogP contribution < -0.4 is 5.32 Å². The van der Waals surface area contributed by atoms with Gasteiger partial charge in [-0.15, -0.1) is 0 Å². The number of aliphatic hydroxyl groups is 1. The summed E-state index contributed by atoms with van der Waals surface area (Å²) in [7, 11) is 0. The summed E-state index contributed by atoms with van der Waals surface area (Å²) in [6.07, 6.45) is 0.662. The van der Waals surface area contributed by atoms with Crippen molar-refractivity contribution in [3.63, 3.8) is 0 Å². The second kappa shape index (κ2) is 4.58. The van der Waals surface area contributed by atoms with E-state index in [2.05, 4.69) is 5.32 Å². The molecule has 0 aliphatic carbocycles. The first-order chi connectivity index (χ1) is 6.58. The van der Waals surface area contributed by atoms with Gasteiger partial charge in [-0.1, -0.05) is 37.3 Å². The summed E-state index contributed by atoms with van der Waals surface area (Å²) in [6.45, 7) is 6.04. The van der Waals surface area contributed by atoms with Crippen LogP contribution in [0.25, 0.3) is 0 Å². The van der Waals surface area contributed by atoms with Crippen LogP contribution in [0.3, 0.4) is 0 Å². The lowest BCUT2D eigenvalue weighted by molar-refractivity contribution is -0.0113. The predicted molar refractivity (Wildman–Crippen MR) is 58.9 cm³/mol. The zero-order chi connectivity index (χ0) is 10.6. The van der Waals surface area contributed by atoms with Crippen LogP contribution >= 0.6 is 0 Å². The minimum Gasteiger partial charge on any atom is -0.372 e. The van der Waals surface area contributed by atoms with Gasteiger partial charge in [-0.3, -0.25) is 5.32 Å². The SMILES string of the molecule is CCC(O)(NC(C)C)c1ccccc1. The summed E-state index contributed by atoms with van der Waals surface area (Å²) < 4.78 is 0. The lowest BCUT2D eigenvalue weighted by atomic mass is 9.99. The van der Waals surface area contributed by atoms with Crippen LogP contribution in [-0.4, -0.2) is 11.1 Å². The lowest BCUT2D eigenvalue weighted by Crippen LogP contribution is -2.45. The smallest absolute Gasteiger partial charge is 0.142 e. The van der Waals surface area contributed by atoms with Gasteiger partial charge in [0.25, 0.3) is 0 Å². The van der Waals surface area contributed by atoms with Gasteiger partial charge >= 0.3 is 0 Å². The molecule has 0 aliphatic heterocycles. The van der Waals surface area contributed by atoms with Crippen molar-refractivity contribution in [2.75, 3.05) is 0 Å². The van der Waals surface area contributed by atoms with E-state index >= 15 is 0 Å². The maximum Gasteiger partial charge on any atom is 0.142 e. The van der Waals surface area contributed by atoms with Crippen molar-refractivity contribution in [2.45, 2.75) is 39.0 Å². The molecule has 0 heterocycles. The van der Waals surface area contributed by atoms with Gasteiger partial charge in [-0.05, 0) is 25.8 Å². The minimum absolute atomic E-state index is 0.264. The van der Waals surface area contributed by atoms with Crippen molar-refractivity contribution in [1.82, 2.24) is 5.32 Å². The van der Waals surface area contributed by atoms with Crippen LogP contribution in [0, 0.1) is 0 Å². The molecule has 0 radical (unpaired) electrons. The minimum atomic E-state index is -0.893. The normalized spacial score (nSPS) is 15.5. The molecule has 0 aromatic heterocycles. The molecule has 2 heteroatoms. The van der Waals surface area contributed by atoms with Crippen molar-refractivity contribution in [3.8, 4) is 0 Å². The Morgan fingerprint density at radius 3 is 2.29 bits per heavy atom. The number of hydrogen-bond acceptors (Lipinski definition) is 2. The number of nitrogens with one attached hydrogen (secondary N) is 1. The van der Waals surface area contributed by atoms with E-state index in [9.17, 15) is 5.11 Å². The Morgan fingerprint density at radius 1 is 1.29 bits per heavy atom. The predicted octanol–water partition coefficient (Wildman–Crippen LogP) is 2.24. The Hall–Kier alpha value is -0.860. The Balaban J connectivity index is 2.90. The fraction of sp³-hybridized carbons (Fsp3) is 0.500. The van der Waals surface area contributed by atoms with Crippen LogP contribution in [0.15, 0.2) is 30.3 Å². The van der Waals surface area contributed by atoms with E-state index in [0.717, 1.165) is 5.56 Å². The Kier molecular flexibility index (Phi) is 3.67. The van der Waals surface area contributed by atoms with Crippen LogP contribution in [0.2, 0.25) is 0 Å². The molecule has 0 aliphatic rings. The standard InChI is InChI=1S/C12H19NO/c1-4-12(14,13-10(2)3)11-8-6-5-7-9-11/h5-10,13-14H,4H2,1-3H3. The van der Waals surface area contributed by atoms with Crippen LogP contribution in [-0.2, 0) is 5.72 Å². The first-order valence-electron chi connectivity index (χ1n) is 5.14. The van der Waals surface area contributed by atoms with E-state index in [4.69, 9.17) is 0 Å². The molecule has 0 saturated heterocycles. The van der Waals surface area contributed by atoms with E-state index in [-0.39, 0.29) is 6.04 Å². The average molecular weight is 193 g/mol. The van der Waals surface area contributed by atoms with Gasteiger partial charge in [-0.2, -0.15) is 0 Å². The molecular formula is C12H19NO. The maximum absolute atomic E-state index is 10.4. The summed E-state index contributed by atoms with van der Waals surface area (Å²) in [5.41, 5.74) is 0.0336. The van der Waals surface area contributed by atoms with Crippen LogP contribution in [0.1, 0.15) is 32.8 Å². The molecular weight excluding hydrogens is 174 g/mol. The van der Waals surface area contributed by atoms with Gasteiger partial charge in [0.2, 0.25) is 0 Å². The monoisotopic (exact) mass is 193 g/mol. The molecule has 0 spiro atoms. The quantitative estimate of drug-likeness (QED) is 0.719. The number of rotatable bonds is 4. The second-order valence-corrected chi connectivity index (χ2v) is 3.88. The zero-order valence-electron chi connectivity index (χ0n) is 9.12. The Bertz CT molecular complexity index is 271. The van der Waals surface area contributed by atoms with E-state index in [0.29, 0.717) is 6.42 Å². The first kappa shape index (κ1) is 11.2. The lowest BCUT2D eigenvalue weighted by Gasteiger charge is -2.30. The third-order valence-corrected chi connectivity index (χ3v) is 2.29. The molecule has 0 saturated carbocycles. The molecule has 14 heavy (non-hydrogen) atoms. The third-order valence-electron chi connectivity index (χ3n) is 2.29. The fourth-order valence-corrected chi connectivity index (χ4v) is 1.58. The second-order valence-electron chi connectivity index (χ2n) is 3.88. The van der Waals surface area contributed by atoms with Gasteiger partial charge in [0.15, 0.2) is 0 Å². The van der Waals surface area contributed by atoms with Crippen molar-refractivity contribution in [3.05, 3.63) is 35.9 Å². The summed E-state index contributed by atoms with van der Waals surface area (Å²) in [6, 6.07) is 9.99. The molecule has 1 atom stereocenters. The van der Waals surface area contributed by atoms with Crippen LogP contribution in [0.4, 0.5) is 0 Å². The largest absolute Gasteiger partial charge is 0.372 e. The molecule has 2 nitrogen and oxygen atoms in total. The molecule has 0 bridgehead atoms. The molecule has 2 N–H and O–H groups in total. The highest BCUT2D eigenvalue weighted by molar-refractivity contribution is 5.21. The summed E-state index contributed by atoms with van der Waals surface area (Å²) in [5, 5.41) is 13.5. The van der Waals surface area contributed by atoms with E-state index in [1.54, 1.807) is 0 Å². The highest BCUT2D eigenvalue weighted by Gasteiger charge is 2.26. The first-order valence-corrected chi connectivity index (χ1v) is 5.14. The van der Waals surface area contributed by atoms with Gasteiger partial charge < -0.3 is 5.11 Å². The average Bonchev–Trinajstić information content (AvgIpc) is 2.18. The van der Waals surface area contributed by atoms with Gasteiger partial charge in [0.05, 0.1) is 0 Å². The molecule has 1 unspecified atom stereocenters. The van der Waals surface area contributed by atoms with E-state index in [1.807, 2.05) is 51.1 Å². The van der Waals surface area contributed by atoms with E-state index < -0.39 is 5.72 Å². The zero-order valence-corrected chi connectivity index (χ0v) is 9.12. The van der Waals surface area contributed by atoms with Crippen molar-refractivity contribution in [1.29, 1.82) is 0 Å². The molecule has 78 valence electrons. The van der Waals surface area contributed by atoms with Crippen molar-refractivity contribution < 1.29 is 5.11 Å². The summed E-state index contributed by atoms with van der Waals surface area (Å²) in [4.78, 5) is 0. The van der Waals surface area contributed by atoms with Crippen molar-refractivity contribution in [2.24, 2.45) is 0 Å². The summed E-state index contributed by atoms with van der Waals surface area (Å²) >= 11 is 0. The number of benzene rings is 1. The Labute approximate surface area is 86.0 Å². The molecule has 0 amide bonds. The molecule has 1 rings (SSSR count). The van der Waals surface area contributed by atoms with Crippen LogP contribution in [0.5, 0.6) is 0 Å².